The van der Waals surface area contributed by atoms with Crippen molar-refractivity contribution in [2.45, 2.75) is 39.2 Å². The molecule has 2 saturated heterocycles. The van der Waals surface area contributed by atoms with E-state index in [1.54, 1.807) is 25.7 Å². The highest BCUT2D eigenvalue weighted by Crippen LogP contribution is 2.40. The van der Waals surface area contributed by atoms with Crippen molar-refractivity contribution in [3.63, 3.8) is 0 Å². The molecule has 6 rings (SSSR count). The van der Waals surface area contributed by atoms with E-state index in [1.165, 1.54) is 11.3 Å². The molecule has 12 heteroatoms. The molecule has 10 nitrogen and oxygen atoms in total. The van der Waals surface area contributed by atoms with Gasteiger partial charge in [0.2, 0.25) is 5.95 Å². The zero-order chi connectivity index (χ0) is 31.7. The molecule has 0 saturated carbocycles. The Balaban J connectivity index is 1.17. The van der Waals surface area contributed by atoms with E-state index in [2.05, 4.69) is 96.7 Å². The third kappa shape index (κ3) is 6.55. The van der Waals surface area contributed by atoms with Crippen molar-refractivity contribution in [2.24, 2.45) is 5.41 Å². The number of nitrogens with zero attached hydrogens (tertiary/aromatic N) is 7. The molecule has 2 aliphatic heterocycles. The minimum atomic E-state index is -0.471. The number of nitriles is 1. The lowest BCUT2D eigenvalue weighted by Gasteiger charge is -2.52. The Hall–Kier alpha value is -3.58. The van der Waals surface area contributed by atoms with Crippen LogP contribution in [0, 0.1) is 23.7 Å². The van der Waals surface area contributed by atoms with Gasteiger partial charge in [0.05, 0.1) is 34.4 Å². The molecule has 0 aliphatic carbocycles. The van der Waals surface area contributed by atoms with Crippen LogP contribution in [0.1, 0.15) is 31.7 Å². The lowest BCUT2D eigenvalue weighted by atomic mass is 9.77. The number of anilines is 5. The molecule has 2 fully saturated rings. The van der Waals surface area contributed by atoms with Crippen LogP contribution in [-0.4, -0.2) is 77.5 Å². The maximum Gasteiger partial charge on any atom is 0.229 e. The van der Waals surface area contributed by atoms with Crippen molar-refractivity contribution < 1.29 is 4.74 Å². The van der Waals surface area contributed by atoms with E-state index in [0.29, 0.717) is 24.2 Å². The zero-order valence-electron chi connectivity index (χ0n) is 26.4. The second-order valence-corrected chi connectivity index (χ2v) is 15.6. The molecule has 234 valence electrons. The zero-order valence-corrected chi connectivity index (χ0v) is 28.9. The predicted molar refractivity (Wildman–Crippen MR) is 187 cm³/mol. The molecule has 45 heavy (non-hydrogen) atoms. The van der Waals surface area contributed by atoms with Crippen molar-refractivity contribution in [3.8, 4) is 11.8 Å². The van der Waals surface area contributed by atoms with Gasteiger partial charge in [0.15, 0.2) is 0 Å². The van der Waals surface area contributed by atoms with E-state index in [1.807, 2.05) is 12.1 Å². The van der Waals surface area contributed by atoms with Gasteiger partial charge in [-0.05, 0) is 72.8 Å². The summed E-state index contributed by atoms with van der Waals surface area (Å²) in [5.74, 6) is 1.85. The molecule has 0 bridgehead atoms. The van der Waals surface area contributed by atoms with Crippen molar-refractivity contribution in [1.82, 2.24) is 24.8 Å². The Morgan fingerprint density at radius 2 is 1.84 bits per heavy atom. The number of aryl methyl sites for hydroxylation is 1. The normalized spacial score (nSPS) is 16.8. The summed E-state index contributed by atoms with van der Waals surface area (Å²) in [6.45, 7) is 12.9. The van der Waals surface area contributed by atoms with Crippen LogP contribution < -0.4 is 25.6 Å². The van der Waals surface area contributed by atoms with Crippen LogP contribution in [0.5, 0.6) is 5.75 Å². The number of halogens is 1. The number of aromatic nitrogens is 4. The number of ether oxygens (including phenoxy) is 1. The van der Waals surface area contributed by atoms with Gasteiger partial charge in [0.25, 0.3) is 0 Å². The Kier molecular flexibility index (Phi) is 9.10. The topological polar surface area (TPSA) is 115 Å². The van der Waals surface area contributed by atoms with Crippen LogP contribution in [-0.2, 0) is 0 Å². The van der Waals surface area contributed by atoms with E-state index in [9.17, 15) is 0 Å². The molecule has 0 radical (unpaired) electrons. The molecule has 4 aromatic rings. The quantitative estimate of drug-likeness (QED) is 0.188. The van der Waals surface area contributed by atoms with Crippen molar-refractivity contribution in [1.29, 1.82) is 5.26 Å². The summed E-state index contributed by atoms with van der Waals surface area (Å²) >= 11 is 3.63. The third-order valence-corrected chi connectivity index (χ3v) is 10.7. The first kappa shape index (κ1) is 31.4. The summed E-state index contributed by atoms with van der Waals surface area (Å²) in [5.41, 5.74) is 6.07. The molecular formula is C33H39BrN9OP. The largest absolute Gasteiger partial charge is 0.494 e. The van der Waals surface area contributed by atoms with Gasteiger partial charge in [-0.25, -0.2) is 4.98 Å². The van der Waals surface area contributed by atoms with E-state index >= 15 is 0 Å². The monoisotopic (exact) mass is 687 g/mol. The van der Waals surface area contributed by atoms with E-state index in [4.69, 9.17) is 15.0 Å². The van der Waals surface area contributed by atoms with Crippen LogP contribution in [0.25, 0.3) is 11.0 Å². The van der Waals surface area contributed by atoms with Gasteiger partial charge in [0, 0.05) is 85.4 Å². The first-order valence-electron chi connectivity index (χ1n) is 15.2. The molecule has 4 heterocycles. The number of likely N-dealkylation sites (tertiary alicyclic amines) is 1. The number of methoxy groups -OCH3 is 1. The van der Waals surface area contributed by atoms with Gasteiger partial charge in [-0.15, -0.1) is 0 Å². The number of fused-ring (bicyclic) bond motifs is 1. The summed E-state index contributed by atoms with van der Waals surface area (Å²) in [6.07, 6.45) is 8.09. The molecule has 2 N–H and O–H groups in total. The highest BCUT2D eigenvalue weighted by atomic mass is 79.9. The van der Waals surface area contributed by atoms with Crippen LogP contribution in [0.4, 0.5) is 28.8 Å². The van der Waals surface area contributed by atoms with Crippen LogP contribution in [0.2, 0.25) is 0 Å². The fraction of sp³-hybridized carbons (Fsp3) is 0.424. The standard InChI is InChI=1S/C33H39BrN9OP/c1-21-16-26(28(44-3)17-27(21)42-14-8-22(9-15-42)43-19-33(2,20-43)10-11-35)40-32-38-18-23(34)31(41-32)39-25-7-6-24-29(30(25)45(4)5)37-13-12-36-24/h6-7,12-13,16-18,22H,8-10,14-15,19-20H2,1-5H3,(H2,38,39,40,41). The molecule has 2 aliphatic rings. The van der Waals surface area contributed by atoms with Gasteiger partial charge in [-0.1, -0.05) is 14.8 Å². The fourth-order valence-electron chi connectivity index (χ4n) is 6.59. The van der Waals surface area contributed by atoms with Gasteiger partial charge in [-0.3, -0.25) is 14.9 Å². The summed E-state index contributed by atoms with van der Waals surface area (Å²) in [5, 5.41) is 17.2. The second kappa shape index (κ2) is 13.0. The van der Waals surface area contributed by atoms with Crippen LogP contribution >= 0.6 is 23.9 Å². The highest BCUT2D eigenvalue weighted by molar-refractivity contribution is 9.10. The molecule has 0 atom stereocenters. The molecular weight excluding hydrogens is 649 g/mol. The number of piperidine rings is 1. The minimum Gasteiger partial charge on any atom is -0.494 e. The van der Waals surface area contributed by atoms with E-state index in [-0.39, 0.29) is 5.41 Å². The molecule has 2 aromatic carbocycles. The van der Waals surface area contributed by atoms with Crippen molar-refractivity contribution in [3.05, 3.63) is 52.9 Å². The summed E-state index contributed by atoms with van der Waals surface area (Å²) < 4.78 is 6.61. The molecule has 0 spiro atoms. The number of hydrogen-bond acceptors (Lipinski definition) is 10. The first-order valence-corrected chi connectivity index (χ1v) is 18.2. The number of nitrogens with one attached hydrogen (secondary N) is 2. The average Bonchev–Trinajstić information content (AvgIpc) is 3.01. The van der Waals surface area contributed by atoms with E-state index < -0.39 is 7.92 Å². The Labute approximate surface area is 274 Å². The number of hydrogen-bond donors (Lipinski definition) is 2. The predicted octanol–water partition coefficient (Wildman–Crippen LogP) is 6.56. The fourth-order valence-corrected chi connectivity index (χ4v) is 8.09. The molecule has 0 amide bonds. The lowest BCUT2D eigenvalue weighted by Crippen LogP contribution is -2.60. The SMILES string of the molecule is COc1cc(N2CCC(N3CC(C)(CC#N)C3)CC2)c(C)cc1Nc1ncc(Br)c(Nc2ccc3nccnc3c2P(C)C)n1. The number of benzene rings is 2. The van der Waals surface area contributed by atoms with E-state index in [0.717, 1.165) is 77.0 Å². The first-order chi connectivity index (χ1) is 21.7. The summed E-state index contributed by atoms with van der Waals surface area (Å²) in [4.78, 5) is 23.5. The van der Waals surface area contributed by atoms with Gasteiger partial charge < -0.3 is 20.3 Å². The maximum atomic E-state index is 9.12. The highest BCUT2D eigenvalue weighted by Gasteiger charge is 2.42. The van der Waals surface area contributed by atoms with Gasteiger partial charge in [-0.2, -0.15) is 10.2 Å². The Morgan fingerprint density at radius 1 is 1.09 bits per heavy atom. The van der Waals surface area contributed by atoms with Gasteiger partial charge in [0.1, 0.15) is 11.6 Å². The maximum absolute atomic E-state index is 9.12. The summed E-state index contributed by atoms with van der Waals surface area (Å²) in [7, 11) is 1.22. The Morgan fingerprint density at radius 3 is 2.56 bits per heavy atom. The smallest absolute Gasteiger partial charge is 0.229 e. The Bertz CT molecular complexity index is 1750. The minimum absolute atomic E-state index is 0.164. The third-order valence-electron chi connectivity index (χ3n) is 8.82. The number of rotatable bonds is 9. The molecule has 0 unspecified atom stereocenters. The van der Waals surface area contributed by atoms with Crippen LogP contribution in [0.15, 0.2) is 47.3 Å². The summed E-state index contributed by atoms with van der Waals surface area (Å²) in [6, 6.07) is 11.2. The lowest BCUT2D eigenvalue weighted by molar-refractivity contribution is -0.0226. The second-order valence-electron chi connectivity index (χ2n) is 12.5. The van der Waals surface area contributed by atoms with Crippen LogP contribution in [0.3, 0.4) is 0 Å². The average molecular weight is 689 g/mol. The van der Waals surface area contributed by atoms with Crippen molar-refractivity contribution in [2.75, 3.05) is 62.2 Å². The molecule has 2 aromatic heterocycles. The van der Waals surface area contributed by atoms with Crippen molar-refractivity contribution >= 4 is 69.0 Å². The van der Waals surface area contributed by atoms with Gasteiger partial charge >= 0.3 is 0 Å².